The van der Waals surface area contributed by atoms with Gasteiger partial charge in [-0.25, -0.2) is 9.38 Å². The Balaban J connectivity index is 2.17. The summed E-state index contributed by atoms with van der Waals surface area (Å²) in [5.41, 5.74) is 5.77. The van der Waals surface area contributed by atoms with Gasteiger partial charge in [-0.2, -0.15) is 11.3 Å². The zero-order chi connectivity index (χ0) is 17.6. The minimum atomic E-state index is -0.388. The van der Waals surface area contributed by atoms with Gasteiger partial charge in [-0.1, -0.05) is 54.6 Å². The quantitative estimate of drug-likeness (QED) is 0.224. The number of halogens is 1. The summed E-state index contributed by atoms with van der Waals surface area (Å²) >= 11 is 0. The van der Waals surface area contributed by atoms with Crippen molar-refractivity contribution in [1.29, 1.82) is 0 Å². The predicted molar refractivity (Wildman–Crippen MR) is 95.7 cm³/mol. The summed E-state index contributed by atoms with van der Waals surface area (Å²) < 4.78 is 14.0. The van der Waals surface area contributed by atoms with Gasteiger partial charge in [0.25, 0.3) is 5.84 Å². The van der Waals surface area contributed by atoms with Gasteiger partial charge in [-0.3, -0.25) is 4.79 Å². The Morgan fingerprint density at radius 3 is 2.28 bits per heavy atom. The van der Waals surface area contributed by atoms with E-state index in [0.717, 1.165) is 23.0 Å². The first kappa shape index (κ1) is 16.5. The molecule has 0 radical (unpaired) electrons. The van der Waals surface area contributed by atoms with Gasteiger partial charge in [-0.15, -0.1) is 0 Å². The summed E-state index contributed by atoms with van der Waals surface area (Å²) in [6.45, 7) is 0. The fourth-order valence-electron chi connectivity index (χ4n) is 2.66. The molecule has 0 amide bonds. The van der Waals surface area contributed by atoms with Crippen molar-refractivity contribution in [2.24, 2.45) is 5.84 Å². The molecule has 4 nitrogen and oxygen atoms in total. The SMILES string of the molecule is NNC(=[NH+]c1ccccc1F)c1ccccc1-c1ccccc1C=O. The van der Waals surface area contributed by atoms with Gasteiger partial charge in [0.05, 0.1) is 5.56 Å². The molecule has 4 N–H and O–H groups in total. The molecule has 0 aliphatic carbocycles. The van der Waals surface area contributed by atoms with Crippen molar-refractivity contribution in [3.05, 3.63) is 89.7 Å². The van der Waals surface area contributed by atoms with Crippen LogP contribution in [-0.4, -0.2) is 12.1 Å². The smallest absolute Gasteiger partial charge is 0.298 e. The maximum atomic E-state index is 14.0. The second kappa shape index (κ2) is 7.51. The van der Waals surface area contributed by atoms with E-state index < -0.39 is 0 Å². The first-order valence-corrected chi connectivity index (χ1v) is 7.73. The number of amidine groups is 1. The molecule has 0 spiro atoms. The zero-order valence-electron chi connectivity index (χ0n) is 13.4. The number of rotatable bonds is 4. The molecule has 3 rings (SSSR count). The van der Waals surface area contributed by atoms with Crippen LogP contribution in [0.3, 0.4) is 0 Å². The van der Waals surface area contributed by atoms with Crippen LogP contribution in [0.2, 0.25) is 0 Å². The molecule has 0 saturated carbocycles. The average Bonchev–Trinajstić information content (AvgIpc) is 2.67. The van der Waals surface area contributed by atoms with E-state index in [9.17, 15) is 9.18 Å². The number of nitrogens with one attached hydrogen (secondary N) is 2. The number of hydrazine groups is 1. The molecule has 0 fully saturated rings. The molecule has 0 aliphatic heterocycles. The number of hydrogen-bond acceptors (Lipinski definition) is 2. The molecular formula is C20H17FN3O+. The summed E-state index contributed by atoms with van der Waals surface area (Å²) in [6, 6.07) is 21.1. The van der Waals surface area contributed by atoms with E-state index in [0.29, 0.717) is 17.1 Å². The number of hydrogen-bond donors (Lipinski definition) is 3. The Morgan fingerprint density at radius 1 is 0.920 bits per heavy atom. The maximum absolute atomic E-state index is 14.0. The highest BCUT2D eigenvalue weighted by Crippen LogP contribution is 2.26. The van der Waals surface area contributed by atoms with Gasteiger partial charge in [-0.05, 0) is 29.3 Å². The Kier molecular flexibility index (Phi) is 4.97. The summed E-state index contributed by atoms with van der Waals surface area (Å²) in [5, 5.41) is 0. The topological polar surface area (TPSA) is 69.1 Å². The molecule has 0 unspecified atom stereocenters. The molecule has 0 saturated heterocycles. The minimum absolute atomic E-state index is 0.300. The lowest BCUT2D eigenvalue weighted by Crippen LogP contribution is -2.72. The summed E-state index contributed by atoms with van der Waals surface area (Å²) in [5.74, 6) is 5.72. The second-order valence-corrected chi connectivity index (χ2v) is 5.37. The van der Waals surface area contributed by atoms with Crippen molar-refractivity contribution >= 4 is 17.8 Å². The van der Waals surface area contributed by atoms with Gasteiger partial charge in [0.15, 0.2) is 17.8 Å². The molecule has 5 heteroatoms. The number of aldehydes is 1. The van der Waals surface area contributed by atoms with Gasteiger partial charge < -0.3 is 0 Å². The van der Waals surface area contributed by atoms with E-state index >= 15 is 0 Å². The third-order valence-electron chi connectivity index (χ3n) is 3.85. The Bertz CT molecular complexity index is 937. The number of carbonyl (C=O) groups excluding carboxylic acids is 1. The molecule has 124 valence electrons. The van der Waals surface area contributed by atoms with Crippen LogP contribution in [0.4, 0.5) is 10.1 Å². The number of carbonyl (C=O) groups is 1. The van der Waals surface area contributed by atoms with E-state index in [4.69, 9.17) is 5.84 Å². The van der Waals surface area contributed by atoms with Crippen LogP contribution in [0, 0.1) is 5.82 Å². The summed E-state index contributed by atoms with van der Waals surface area (Å²) in [6.07, 6.45) is 0.811. The molecule has 0 bridgehead atoms. The monoisotopic (exact) mass is 334 g/mol. The summed E-state index contributed by atoms with van der Waals surface area (Å²) in [4.78, 5) is 14.4. The van der Waals surface area contributed by atoms with E-state index in [1.807, 2.05) is 36.4 Å². The maximum Gasteiger partial charge on any atom is 0.298 e. The van der Waals surface area contributed by atoms with Crippen LogP contribution in [0.25, 0.3) is 11.1 Å². The van der Waals surface area contributed by atoms with Crippen molar-refractivity contribution in [3.63, 3.8) is 0 Å². The van der Waals surface area contributed by atoms with E-state index in [2.05, 4.69) is 10.4 Å². The van der Waals surface area contributed by atoms with Crippen molar-refractivity contribution in [2.45, 2.75) is 0 Å². The van der Waals surface area contributed by atoms with E-state index in [1.54, 1.807) is 30.3 Å². The fourth-order valence-corrected chi connectivity index (χ4v) is 2.66. The van der Waals surface area contributed by atoms with Crippen LogP contribution in [0.1, 0.15) is 15.9 Å². The highest BCUT2D eigenvalue weighted by molar-refractivity contribution is 6.03. The lowest BCUT2D eigenvalue weighted by atomic mass is 9.95. The lowest BCUT2D eigenvalue weighted by Gasteiger charge is -2.10. The fraction of sp³-hybridized carbons (Fsp3) is 0. The Hall–Kier alpha value is -3.31. The third-order valence-corrected chi connectivity index (χ3v) is 3.85. The number of benzene rings is 3. The summed E-state index contributed by atoms with van der Waals surface area (Å²) in [7, 11) is 0. The van der Waals surface area contributed by atoms with Gasteiger partial charge in [0.1, 0.15) is 0 Å². The molecule has 0 atom stereocenters. The molecular weight excluding hydrogens is 317 g/mol. The minimum Gasteiger partial charge on any atom is -0.298 e. The largest absolute Gasteiger partial charge is 0.298 e. The number of nitrogens with two attached hydrogens (primary N) is 1. The van der Waals surface area contributed by atoms with Crippen LogP contribution >= 0.6 is 0 Å². The predicted octanol–water partition coefficient (Wildman–Crippen LogP) is 1.93. The standard InChI is InChI=1S/C20H16FN3O/c21-18-11-5-6-12-19(18)23-20(24-22)17-10-4-3-9-16(17)15-8-2-1-7-14(15)13-25/h1-13H,22H2,(H,23,24)/p+1. The van der Waals surface area contributed by atoms with Crippen LogP contribution in [0.5, 0.6) is 0 Å². The zero-order valence-corrected chi connectivity index (χ0v) is 13.4. The first-order valence-electron chi connectivity index (χ1n) is 7.73. The molecule has 25 heavy (non-hydrogen) atoms. The van der Waals surface area contributed by atoms with Crippen LogP contribution < -0.4 is 16.3 Å². The second-order valence-electron chi connectivity index (χ2n) is 5.37. The molecule has 0 aliphatic rings. The van der Waals surface area contributed by atoms with E-state index in [-0.39, 0.29) is 5.82 Å². The number of para-hydroxylation sites is 1. The third kappa shape index (κ3) is 3.46. The van der Waals surface area contributed by atoms with Gasteiger partial charge in [0, 0.05) is 5.56 Å². The van der Waals surface area contributed by atoms with Crippen LogP contribution in [0.15, 0.2) is 72.8 Å². The molecule has 3 aromatic rings. The first-order chi connectivity index (χ1) is 12.2. The van der Waals surface area contributed by atoms with Crippen molar-refractivity contribution in [2.75, 3.05) is 0 Å². The van der Waals surface area contributed by atoms with Crippen molar-refractivity contribution in [1.82, 2.24) is 5.43 Å². The van der Waals surface area contributed by atoms with Crippen LogP contribution in [-0.2, 0) is 0 Å². The lowest BCUT2D eigenvalue weighted by molar-refractivity contribution is -0.359. The average molecular weight is 334 g/mol. The molecule has 0 heterocycles. The normalized spacial score (nSPS) is 11.2. The highest BCUT2D eigenvalue weighted by Gasteiger charge is 2.17. The highest BCUT2D eigenvalue weighted by atomic mass is 19.1. The Morgan fingerprint density at radius 2 is 1.56 bits per heavy atom. The van der Waals surface area contributed by atoms with Crippen molar-refractivity contribution in [3.8, 4) is 11.1 Å². The molecule has 3 aromatic carbocycles. The van der Waals surface area contributed by atoms with E-state index in [1.165, 1.54) is 6.07 Å². The Labute approximate surface area is 144 Å². The van der Waals surface area contributed by atoms with Gasteiger partial charge in [0.2, 0.25) is 0 Å². The van der Waals surface area contributed by atoms with Gasteiger partial charge >= 0.3 is 0 Å². The van der Waals surface area contributed by atoms with Crippen molar-refractivity contribution < 1.29 is 14.2 Å². The molecule has 0 aromatic heterocycles.